The number of rotatable bonds is 4. The lowest BCUT2D eigenvalue weighted by molar-refractivity contribution is -0.141. The highest BCUT2D eigenvalue weighted by molar-refractivity contribution is 5.81. The lowest BCUT2D eigenvalue weighted by atomic mass is 9.94. The Labute approximate surface area is 115 Å². The highest BCUT2D eigenvalue weighted by Crippen LogP contribution is 2.18. The van der Waals surface area contributed by atoms with Crippen LogP contribution in [0.2, 0.25) is 0 Å². The molecule has 0 spiro atoms. The van der Waals surface area contributed by atoms with Crippen LogP contribution in [-0.4, -0.2) is 60.9 Å². The molecule has 0 aromatic rings. The number of carbonyl (C=O) groups is 2. The van der Waals surface area contributed by atoms with Crippen molar-refractivity contribution in [3.8, 4) is 0 Å². The molecule has 2 amide bonds. The largest absolute Gasteiger partial charge is 0.352 e. The number of piperazine rings is 1. The summed E-state index contributed by atoms with van der Waals surface area (Å²) < 4.78 is 0. The number of hydrogen-bond donors (Lipinski definition) is 1. The first kappa shape index (κ1) is 15.7. The Morgan fingerprint density at radius 1 is 1.21 bits per heavy atom. The molecule has 5 nitrogen and oxygen atoms in total. The average Bonchev–Trinajstić information content (AvgIpc) is 2.35. The number of nitrogens with one attached hydrogen (secondary N) is 1. The number of nitrogens with zero attached hydrogens (tertiary/aromatic N) is 2. The minimum Gasteiger partial charge on any atom is -0.352 e. The van der Waals surface area contributed by atoms with E-state index in [4.69, 9.17) is 0 Å². The first-order valence-electron chi connectivity index (χ1n) is 6.74. The van der Waals surface area contributed by atoms with Gasteiger partial charge in [0, 0.05) is 38.1 Å². The van der Waals surface area contributed by atoms with E-state index < -0.39 is 0 Å². The second-order valence-corrected chi connectivity index (χ2v) is 5.91. The van der Waals surface area contributed by atoms with Crippen LogP contribution in [0.25, 0.3) is 0 Å². The summed E-state index contributed by atoms with van der Waals surface area (Å²) in [5, 5.41) is 2.76. The fraction of sp³-hybridized carbons (Fsp3) is 0.714. The van der Waals surface area contributed by atoms with Gasteiger partial charge in [-0.25, -0.2) is 0 Å². The SMILES string of the molecule is C=CCNC(=O)CN1CCN(C(=O)C(C)(C)C)CC1. The summed E-state index contributed by atoms with van der Waals surface area (Å²) in [6.45, 7) is 13.2. The van der Waals surface area contributed by atoms with E-state index in [9.17, 15) is 9.59 Å². The molecule has 0 aromatic carbocycles. The van der Waals surface area contributed by atoms with Crippen LogP contribution in [0, 0.1) is 5.41 Å². The Kier molecular flexibility index (Phi) is 5.54. The predicted molar refractivity (Wildman–Crippen MR) is 75.7 cm³/mol. The molecule has 1 fully saturated rings. The quantitative estimate of drug-likeness (QED) is 0.754. The highest BCUT2D eigenvalue weighted by atomic mass is 16.2. The molecule has 5 heteroatoms. The van der Waals surface area contributed by atoms with Gasteiger partial charge in [-0.1, -0.05) is 26.8 Å². The maximum atomic E-state index is 12.1. The molecular formula is C14H25N3O2. The van der Waals surface area contributed by atoms with Gasteiger partial charge in [-0.3, -0.25) is 14.5 Å². The number of amides is 2. The van der Waals surface area contributed by atoms with Crippen LogP contribution in [0.3, 0.4) is 0 Å². The third-order valence-electron chi connectivity index (χ3n) is 3.11. The fourth-order valence-electron chi connectivity index (χ4n) is 2.03. The molecule has 0 aromatic heterocycles. The van der Waals surface area contributed by atoms with Crippen LogP contribution >= 0.6 is 0 Å². The van der Waals surface area contributed by atoms with Crippen molar-refractivity contribution in [2.75, 3.05) is 39.3 Å². The molecule has 1 heterocycles. The van der Waals surface area contributed by atoms with Crippen molar-refractivity contribution >= 4 is 11.8 Å². The van der Waals surface area contributed by atoms with E-state index in [0.29, 0.717) is 26.2 Å². The van der Waals surface area contributed by atoms with Crippen molar-refractivity contribution in [2.45, 2.75) is 20.8 Å². The van der Waals surface area contributed by atoms with Crippen LogP contribution in [-0.2, 0) is 9.59 Å². The van der Waals surface area contributed by atoms with Gasteiger partial charge in [0.2, 0.25) is 11.8 Å². The van der Waals surface area contributed by atoms with Crippen LogP contribution in [0.15, 0.2) is 12.7 Å². The maximum Gasteiger partial charge on any atom is 0.234 e. The lowest BCUT2D eigenvalue weighted by Crippen LogP contribution is -2.53. The summed E-state index contributed by atoms with van der Waals surface area (Å²) in [5.41, 5.74) is -0.330. The highest BCUT2D eigenvalue weighted by Gasteiger charge is 2.29. The molecule has 0 atom stereocenters. The Balaban J connectivity index is 2.35. The summed E-state index contributed by atoms with van der Waals surface area (Å²) >= 11 is 0. The van der Waals surface area contributed by atoms with E-state index >= 15 is 0 Å². The smallest absolute Gasteiger partial charge is 0.234 e. The summed E-state index contributed by atoms with van der Waals surface area (Å²) in [5.74, 6) is 0.193. The molecule has 19 heavy (non-hydrogen) atoms. The van der Waals surface area contributed by atoms with Gasteiger partial charge in [-0.05, 0) is 0 Å². The number of carbonyl (C=O) groups excluding carboxylic acids is 2. The van der Waals surface area contributed by atoms with Gasteiger partial charge in [-0.15, -0.1) is 6.58 Å². The summed E-state index contributed by atoms with van der Waals surface area (Å²) in [6, 6.07) is 0. The van der Waals surface area contributed by atoms with Crippen LogP contribution in [0.1, 0.15) is 20.8 Å². The maximum absolute atomic E-state index is 12.1. The summed E-state index contributed by atoms with van der Waals surface area (Å²) in [4.78, 5) is 27.6. The zero-order valence-electron chi connectivity index (χ0n) is 12.2. The van der Waals surface area contributed by atoms with Gasteiger partial charge in [-0.2, -0.15) is 0 Å². The topological polar surface area (TPSA) is 52.7 Å². The normalized spacial score (nSPS) is 17.1. The Hall–Kier alpha value is -1.36. The van der Waals surface area contributed by atoms with Crippen molar-refractivity contribution in [3.63, 3.8) is 0 Å². The van der Waals surface area contributed by atoms with Crippen LogP contribution < -0.4 is 5.32 Å². The lowest BCUT2D eigenvalue weighted by Gasteiger charge is -2.37. The third kappa shape index (κ3) is 5.03. The Morgan fingerprint density at radius 3 is 2.26 bits per heavy atom. The van der Waals surface area contributed by atoms with Gasteiger partial charge >= 0.3 is 0 Å². The van der Waals surface area contributed by atoms with E-state index in [-0.39, 0.29) is 17.2 Å². The van der Waals surface area contributed by atoms with Gasteiger partial charge in [0.1, 0.15) is 0 Å². The molecule has 0 radical (unpaired) electrons. The van der Waals surface area contributed by atoms with Gasteiger partial charge < -0.3 is 10.2 Å². The fourth-order valence-corrected chi connectivity index (χ4v) is 2.03. The Bertz CT molecular complexity index is 339. The van der Waals surface area contributed by atoms with Crippen molar-refractivity contribution in [2.24, 2.45) is 5.41 Å². The van der Waals surface area contributed by atoms with Crippen LogP contribution in [0.5, 0.6) is 0 Å². The van der Waals surface area contributed by atoms with E-state index in [0.717, 1.165) is 13.1 Å². The first-order chi connectivity index (χ1) is 8.84. The van der Waals surface area contributed by atoms with Gasteiger partial charge in [0.25, 0.3) is 0 Å². The van der Waals surface area contributed by atoms with Gasteiger partial charge in [0.15, 0.2) is 0 Å². The monoisotopic (exact) mass is 267 g/mol. The molecule has 108 valence electrons. The van der Waals surface area contributed by atoms with E-state index in [2.05, 4.69) is 16.8 Å². The van der Waals surface area contributed by atoms with Gasteiger partial charge in [0.05, 0.1) is 6.54 Å². The minimum atomic E-state index is -0.330. The Morgan fingerprint density at radius 2 is 1.79 bits per heavy atom. The molecule has 1 saturated heterocycles. The minimum absolute atomic E-state index is 0.00972. The molecule has 1 N–H and O–H groups in total. The third-order valence-corrected chi connectivity index (χ3v) is 3.11. The summed E-state index contributed by atoms with van der Waals surface area (Å²) in [6.07, 6.45) is 1.66. The predicted octanol–water partition coefficient (Wildman–Crippen LogP) is 0.479. The molecule has 0 saturated carbocycles. The second-order valence-electron chi connectivity index (χ2n) is 5.91. The number of hydrogen-bond acceptors (Lipinski definition) is 3. The van der Waals surface area contributed by atoms with Crippen molar-refractivity contribution < 1.29 is 9.59 Å². The standard InChI is InChI=1S/C14H25N3O2/c1-5-6-15-12(18)11-16-7-9-17(10-8-16)13(19)14(2,3)4/h5H,1,6-11H2,2-4H3,(H,15,18). The van der Waals surface area contributed by atoms with E-state index in [1.807, 2.05) is 25.7 Å². The van der Waals surface area contributed by atoms with E-state index in [1.54, 1.807) is 6.08 Å². The second kappa shape index (κ2) is 6.70. The molecule has 0 aliphatic carbocycles. The van der Waals surface area contributed by atoms with Crippen molar-refractivity contribution in [3.05, 3.63) is 12.7 Å². The molecule has 1 aliphatic heterocycles. The zero-order valence-corrected chi connectivity index (χ0v) is 12.2. The summed E-state index contributed by atoms with van der Waals surface area (Å²) in [7, 11) is 0. The molecular weight excluding hydrogens is 242 g/mol. The van der Waals surface area contributed by atoms with Crippen molar-refractivity contribution in [1.29, 1.82) is 0 Å². The average molecular weight is 267 g/mol. The zero-order chi connectivity index (χ0) is 14.5. The first-order valence-corrected chi connectivity index (χ1v) is 6.74. The van der Waals surface area contributed by atoms with Crippen molar-refractivity contribution in [1.82, 2.24) is 15.1 Å². The molecule has 0 bridgehead atoms. The van der Waals surface area contributed by atoms with Crippen LogP contribution in [0.4, 0.5) is 0 Å². The molecule has 0 unspecified atom stereocenters. The molecule has 1 rings (SSSR count). The molecule has 1 aliphatic rings. The van der Waals surface area contributed by atoms with E-state index in [1.165, 1.54) is 0 Å².